The number of carboxylic acids is 1. The standard InChI is InChI=1S/C20H16O3/c21-19(22)15-11-13-18(14-12-15)20(23,16-7-3-1-4-8-16)17-9-5-2-6-10-17/h1-14,23H,(H,21,22)/i1D,2D,3D,4D,5D,6D,7D,8D,9D,10D. The first-order valence-electron chi connectivity index (χ1n) is 11.5. The smallest absolute Gasteiger partial charge is 0.335 e. The van der Waals surface area contributed by atoms with Crippen LogP contribution in [0.4, 0.5) is 0 Å². The zero-order valence-electron chi connectivity index (χ0n) is 21.6. The molecule has 3 nitrogen and oxygen atoms in total. The van der Waals surface area contributed by atoms with Crippen molar-refractivity contribution in [2.24, 2.45) is 0 Å². The van der Waals surface area contributed by atoms with E-state index in [1.807, 2.05) is 0 Å². The van der Waals surface area contributed by atoms with Crippen molar-refractivity contribution in [1.82, 2.24) is 0 Å². The predicted molar refractivity (Wildman–Crippen MR) is 88.4 cm³/mol. The molecule has 0 fully saturated rings. The van der Waals surface area contributed by atoms with Crippen molar-refractivity contribution < 1.29 is 28.7 Å². The fourth-order valence-corrected chi connectivity index (χ4v) is 2.13. The van der Waals surface area contributed by atoms with Gasteiger partial charge in [-0.05, 0) is 28.8 Å². The highest BCUT2D eigenvalue weighted by atomic mass is 16.4. The number of hydrogen-bond donors (Lipinski definition) is 2. The Morgan fingerprint density at radius 1 is 0.783 bits per heavy atom. The first-order valence-corrected chi connectivity index (χ1v) is 6.47. The van der Waals surface area contributed by atoms with Gasteiger partial charge < -0.3 is 10.2 Å². The number of rotatable bonds is 4. The van der Waals surface area contributed by atoms with Crippen molar-refractivity contribution >= 4 is 5.97 Å². The fourth-order valence-electron chi connectivity index (χ4n) is 2.13. The Labute approximate surface area is 148 Å². The lowest BCUT2D eigenvalue weighted by atomic mass is 9.80. The highest BCUT2D eigenvalue weighted by Crippen LogP contribution is 2.36. The molecule has 0 aromatic heterocycles. The quantitative estimate of drug-likeness (QED) is 0.722. The van der Waals surface area contributed by atoms with Crippen molar-refractivity contribution in [1.29, 1.82) is 0 Å². The Balaban J connectivity index is 2.58. The van der Waals surface area contributed by atoms with E-state index in [-0.39, 0.29) is 11.1 Å². The first-order chi connectivity index (χ1) is 15.3. The largest absolute Gasteiger partial charge is 0.478 e. The molecule has 2 N–H and O–H groups in total. The lowest BCUT2D eigenvalue weighted by Crippen LogP contribution is -2.28. The summed E-state index contributed by atoms with van der Waals surface area (Å²) in [6.07, 6.45) is 0. The van der Waals surface area contributed by atoms with E-state index < -0.39 is 83.1 Å². The Morgan fingerprint density at radius 2 is 1.22 bits per heavy atom. The van der Waals surface area contributed by atoms with Crippen molar-refractivity contribution in [3.63, 3.8) is 0 Å². The molecule has 3 aromatic rings. The van der Waals surface area contributed by atoms with Gasteiger partial charge in [0.25, 0.3) is 0 Å². The van der Waals surface area contributed by atoms with Crippen LogP contribution < -0.4 is 0 Å². The van der Waals surface area contributed by atoms with Crippen molar-refractivity contribution in [3.05, 3.63) is 107 Å². The maximum absolute atomic E-state index is 12.0. The zero-order valence-corrected chi connectivity index (χ0v) is 11.6. The molecule has 0 aliphatic rings. The summed E-state index contributed by atoms with van der Waals surface area (Å²) in [6.45, 7) is 0. The molecule has 0 saturated carbocycles. The van der Waals surface area contributed by atoms with E-state index in [9.17, 15) is 15.0 Å². The van der Waals surface area contributed by atoms with E-state index in [1.165, 1.54) is 0 Å². The molecule has 0 heterocycles. The van der Waals surface area contributed by atoms with E-state index in [2.05, 4.69) is 0 Å². The molecule has 0 atom stereocenters. The van der Waals surface area contributed by atoms with Crippen molar-refractivity contribution in [2.75, 3.05) is 0 Å². The summed E-state index contributed by atoms with van der Waals surface area (Å²) in [5.41, 5.74) is -4.75. The fraction of sp³-hybridized carbons (Fsp3) is 0.0500. The van der Waals surface area contributed by atoms with Crippen molar-refractivity contribution in [2.45, 2.75) is 5.60 Å². The number of carbonyl (C=O) groups is 1. The van der Waals surface area contributed by atoms with E-state index in [4.69, 9.17) is 13.7 Å². The average molecular weight is 314 g/mol. The topological polar surface area (TPSA) is 57.5 Å². The van der Waals surface area contributed by atoms with Crippen LogP contribution in [0.25, 0.3) is 0 Å². The summed E-state index contributed by atoms with van der Waals surface area (Å²) in [5.74, 6) is -1.30. The van der Waals surface area contributed by atoms with Gasteiger partial charge in [0.05, 0.1) is 19.3 Å². The Bertz CT molecular complexity index is 1180. The minimum Gasteiger partial charge on any atom is -0.478 e. The number of carboxylic acid groups (broad SMARTS) is 1. The third-order valence-corrected chi connectivity index (χ3v) is 3.27. The predicted octanol–water partition coefficient (Wildman–Crippen LogP) is 3.67. The maximum Gasteiger partial charge on any atom is 0.335 e. The van der Waals surface area contributed by atoms with Crippen LogP contribution in [0.5, 0.6) is 0 Å². The Morgan fingerprint density at radius 3 is 1.61 bits per heavy atom. The molecule has 0 spiro atoms. The Kier molecular flexibility index (Phi) is 1.88. The summed E-state index contributed by atoms with van der Waals surface area (Å²) in [4.78, 5) is 11.2. The third kappa shape index (κ3) is 2.74. The molecule has 0 aliphatic heterocycles. The van der Waals surface area contributed by atoms with Crippen molar-refractivity contribution in [3.8, 4) is 0 Å². The second-order valence-corrected chi connectivity index (χ2v) is 4.59. The van der Waals surface area contributed by atoms with Gasteiger partial charge in [-0.2, -0.15) is 0 Å². The van der Waals surface area contributed by atoms with Gasteiger partial charge in [-0.3, -0.25) is 0 Å². The highest BCUT2D eigenvalue weighted by Gasteiger charge is 2.33. The Hall–Kier alpha value is -2.91. The van der Waals surface area contributed by atoms with Crippen LogP contribution in [-0.4, -0.2) is 16.2 Å². The summed E-state index contributed by atoms with van der Waals surface area (Å²) in [5, 5.41) is 21.1. The van der Waals surface area contributed by atoms with Crippen LogP contribution in [-0.2, 0) is 5.60 Å². The van der Waals surface area contributed by atoms with Gasteiger partial charge in [-0.15, -0.1) is 0 Å². The molecule has 0 aliphatic carbocycles. The number of hydrogen-bond acceptors (Lipinski definition) is 2. The van der Waals surface area contributed by atoms with Crippen LogP contribution in [0, 0.1) is 0 Å². The first kappa shape index (κ1) is 7.11. The zero-order chi connectivity index (χ0) is 25.0. The lowest BCUT2D eigenvalue weighted by Gasteiger charge is -2.30. The second kappa shape index (κ2) is 6.07. The summed E-state index contributed by atoms with van der Waals surface area (Å²) < 4.78 is 80.7. The van der Waals surface area contributed by atoms with Crippen LogP contribution in [0.3, 0.4) is 0 Å². The molecule has 0 saturated heterocycles. The summed E-state index contributed by atoms with van der Waals surface area (Å²) in [7, 11) is 0. The van der Waals surface area contributed by atoms with Gasteiger partial charge in [0, 0.05) is 0 Å². The van der Waals surface area contributed by atoms with E-state index >= 15 is 0 Å². The molecule has 0 unspecified atom stereocenters. The minimum atomic E-state index is -2.82. The second-order valence-electron chi connectivity index (χ2n) is 4.59. The molecular weight excluding hydrogens is 288 g/mol. The molecule has 0 radical (unpaired) electrons. The van der Waals surface area contributed by atoms with Crippen LogP contribution in [0.15, 0.2) is 84.7 Å². The van der Waals surface area contributed by atoms with Gasteiger partial charge in [0.1, 0.15) is 5.60 Å². The lowest BCUT2D eigenvalue weighted by molar-refractivity contribution is 0.0696. The van der Waals surface area contributed by atoms with Gasteiger partial charge in [0.15, 0.2) is 0 Å². The molecule has 0 amide bonds. The normalized spacial score (nSPS) is 17.3. The van der Waals surface area contributed by atoms with E-state index in [0.29, 0.717) is 0 Å². The SMILES string of the molecule is [2H]c1c([2H])c([2H])c(C(O)(c2ccc(C(=O)O)cc2)c2c([2H])c([2H])c([2H])c([2H])c2[2H])c([2H])c1[2H]. The molecule has 23 heavy (non-hydrogen) atoms. The molecular formula is C20H16O3. The third-order valence-electron chi connectivity index (χ3n) is 3.27. The monoisotopic (exact) mass is 314 g/mol. The molecule has 3 heteroatoms. The van der Waals surface area contributed by atoms with Crippen LogP contribution in [0.1, 0.15) is 40.8 Å². The summed E-state index contributed by atoms with van der Waals surface area (Å²) >= 11 is 0. The van der Waals surface area contributed by atoms with Gasteiger partial charge in [-0.1, -0.05) is 72.6 Å². The number of benzene rings is 3. The number of aromatic carboxylic acids is 1. The van der Waals surface area contributed by atoms with Gasteiger partial charge >= 0.3 is 5.97 Å². The summed E-state index contributed by atoms with van der Waals surface area (Å²) in [6, 6.07) is -3.80. The minimum absolute atomic E-state index is 0.191. The van der Waals surface area contributed by atoms with Crippen LogP contribution >= 0.6 is 0 Å². The highest BCUT2D eigenvalue weighted by molar-refractivity contribution is 5.87. The molecule has 0 bridgehead atoms. The van der Waals surface area contributed by atoms with Gasteiger partial charge in [0.2, 0.25) is 0 Å². The van der Waals surface area contributed by atoms with E-state index in [1.54, 1.807) is 0 Å². The average Bonchev–Trinajstić information content (AvgIpc) is 2.79. The molecule has 3 aromatic carbocycles. The number of aliphatic hydroxyl groups is 1. The molecule has 3 rings (SSSR count). The van der Waals surface area contributed by atoms with Gasteiger partial charge in [-0.25, -0.2) is 4.79 Å². The van der Waals surface area contributed by atoms with E-state index in [0.717, 1.165) is 24.3 Å². The van der Waals surface area contributed by atoms with Crippen LogP contribution in [0.2, 0.25) is 0 Å². The molecule has 114 valence electrons. The maximum atomic E-state index is 12.0.